The summed E-state index contributed by atoms with van der Waals surface area (Å²) in [6, 6.07) is 3.35. The molecule has 1 aromatic rings. The van der Waals surface area contributed by atoms with Gasteiger partial charge in [0.2, 0.25) is 0 Å². The van der Waals surface area contributed by atoms with E-state index in [1.165, 1.54) is 0 Å². The molecule has 11 heteroatoms. The van der Waals surface area contributed by atoms with Crippen LogP contribution in [0.25, 0.3) is 0 Å². The highest BCUT2D eigenvalue weighted by molar-refractivity contribution is 5.69. The molecule has 1 amide bonds. The van der Waals surface area contributed by atoms with Crippen LogP contribution < -0.4 is 4.74 Å². The van der Waals surface area contributed by atoms with Gasteiger partial charge in [0.1, 0.15) is 17.1 Å². The van der Waals surface area contributed by atoms with E-state index in [1.54, 1.807) is 34.6 Å². The van der Waals surface area contributed by atoms with Gasteiger partial charge in [-0.1, -0.05) is 0 Å². The molecule has 2 atom stereocenters. The van der Waals surface area contributed by atoms with Crippen LogP contribution in [-0.4, -0.2) is 52.2 Å². The lowest BCUT2D eigenvalue weighted by Crippen LogP contribution is -2.52. The second kappa shape index (κ2) is 8.29. The first kappa shape index (κ1) is 23.7. The molecule has 1 fully saturated rings. The maximum Gasteiger partial charge on any atom is 0.425 e. The monoisotopic (exact) mass is 434 g/mol. The van der Waals surface area contributed by atoms with Gasteiger partial charge in [0.05, 0.1) is 17.6 Å². The van der Waals surface area contributed by atoms with Crippen LogP contribution in [0.3, 0.4) is 0 Å². The Morgan fingerprint density at radius 1 is 1.30 bits per heavy atom. The summed E-state index contributed by atoms with van der Waals surface area (Å²) in [5.74, 6) is -0.176. The first-order valence-electron chi connectivity index (χ1n) is 9.24. The number of ether oxygens (including phenoxy) is 3. The third-order valence-corrected chi connectivity index (χ3v) is 4.34. The molecule has 0 spiro atoms. The smallest absolute Gasteiger partial charge is 0.425 e. The van der Waals surface area contributed by atoms with Gasteiger partial charge in [-0.2, -0.15) is 13.2 Å². The highest BCUT2D eigenvalue weighted by atomic mass is 19.4. The minimum absolute atomic E-state index is 0.123. The van der Waals surface area contributed by atoms with Crippen LogP contribution in [0.4, 0.5) is 23.7 Å². The largest absolute Gasteiger partial charge is 0.481 e. The summed E-state index contributed by atoms with van der Waals surface area (Å²) in [6.45, 7) is 7.97. The number of amides is 1. The quantitative estimate of drug-likeness (QED) is 0.494. The van der Waals surface area contributed by atoms with Gasteiger partial charge in [0.15, 0.2) is 6.10 Å². The average Bonchev–Trinajstić information content (AvgIpc) is 2.86. The second-order valence-electron chi connectivity index (χ2n) is 8.40. The molecule has 0 bridgehead atoms. The molecular formula is C19H25F3N2O6. The van der Waals surface area contributed by atoms with E-state index >= 15 is 0 Å². The van der Waals surface area contributed by atoms with E-state index in [9.17, 15) is 28.1 Å². The van der Waals surface area contributed by atoms with Crippen molar-refractivity contribution in [3.05, 3.63) is 34.4 Å². The molecule has 1 aromatic carbocycles. The predicted molar refractivity (Wildman–Crippen MR) is 100 cm³/mol. The summed E-state index contributed by atoms with van der Waals surface area (Å²) in [6.07, 6.45) is -8.38. The van der Waals surface area contributed by atoms with Crippen molar-refractivity contribution in [2.24, 2.45) is 0 Å². The van der Waals surface area contributed by atoms with Crippen molar-refractivity contribution >= 4 is 11.8 Å². The van der Waals surface area contributed by atoms with E-state index in [-0.39, 0.29) is 18.0 Å². The maximum atomic E-state index is 13.6. The molecule has 0 N–H and O–H groups in total. The van der Waals surface area contributed by atoms with Crippen LogP contribution >= 0.6 is 0 Å². The summed E-state index contributed by atoms with van der Waals surface area (Å²) in [4.78, 5) is 23.8. The zero-order valence-corrected chi connectivity index (χ0v) is 17.4. The summed E-state index contributed by atoms with van der Waals surface area (Å²) in [5, 5.41) is 10.7. The molecule has 30 heavy (non-hydrogen) atoms. The van der Waals surface area contributed by atoms with Crippen LogP contribution in [-0.2, 0) is 9.47 Å². The fourth-order valence-electron chi connectivity index (χ4n) is 3.04. The third kappa shape index (κ3) is 5.97. The van der Waals surface area contributed by atoms with Gasteiger partial charge < -0.3 is 14.2 Å². The first-order chi connectivity index (χ1) is 13.6. The summed E-state index contributed by atoms with van der Waals surface area (Å²) < 4.78 is 56.9. The van der Waals surface area contributed by atoms with Gasteiger partial charge in [-0.3, -0.25) is 15.0 Å². The van der Waals surface area contributed by atoms with Gasteiger partial charge in [-0.05, 0) is 46.8 Å². The minimum atomic E-state index is -4.74. The van der Waals surface area contributed by atoms with Gasteiger partial charge in [0, 0.05) is 18.6 Å². The lowest BCUT2D eigenvalue weighted by molar-refractivity contribution is -0.384. The number of carbonyl (C=O) groups excluding carboxylic acids is 1. The number of hydrogen-bond donors (Lipinski definition) is 0. The van der Waals surface area contributed by atoms with Gasteiger partial charge in [-0.25, -0.2) is 4.79 Å². The Bertz CT molecular complexity index is 774. The number of carbonyl (C=O) groups is 1. The Kier molecular flexibility index (Phi) is 6.55. The number of alkyl halides is 3. The molecule has 1 aliphatic heterocycles. The molecule has 2 rings (SSSR count). The number of halogens is 3. The van der Waals surface area contributed by atoms with E-state index < -0.39 is 47.1 Å². The first-order valence-corrected chi connectivity index (χ1v) is 9.24. The van der Waals surface area contributed by atoms with Gasteiger partial charge in [-0.15, -0.1) is 0 Å². The van der Waals surface area contributed by atoms with Crippen LogP contribution in [0.2, 0.25) is 0 Å². The molecule has 0 saturated carbocycles. The van der Waals surface area contributed by atoms with Crippen LogP contribution in [0.5, 0.6) is 5.75 Å². The Morgan fingerprint density at radius 3 is 2.33 bits per heavy atom. The molecule has 2 unspecified atom stereocenters. The number of benzene rings is 1. The number of nitro groups is 1. The van der Waals surface area contributed by atoms with Gasteiger partial charge >= 0.3 is 12.3 Å². The van der Waals surface area contributed by atoms with Crippen LogP contribution in [0, 0.1) is 10.1 Å². The molecule has 1 aliphatic rings. The Morgan fingerprint density at radius 2 is 1.87 bits per heavy atom. The number of nitro benzene ring substituents is 1. The highest BCUT2D eigenvalue weighted by Gasteiger charge is 2.51. The maximum absolute atomic E-state index is 13.6. The Hall–Kier alpha value is -2.56. The van der Waals surface area contributed by atoms with Crippen molar-refractivity contribution < 1.29 is 37.1 Å². The predicted octanol–water partition coefficient (Wildman–Crippen LogP) is 4.67. The van der Waals surface area contributed by atoms with Gasteiger partial charge in [0.25, 0.3) is 5.69 Å². The summed E-state index contributed by atoms with van der Waals surface area (Å²) in [7, 11) is 0. The highest BCUT2D eigenvalue weighted by Crippen LogP contribution is 2.36. The fourth-order valence-corrected chi connectivity index (χ4v) is 3.04. The average molecular weight is 434 g/mol. The van der Waals surface area contributed by atoms with Crippen molar-refractivity contribution in [1.82, 2.24) is 4.90 Å². The Labute approximate surface area is 172 Å². The van der Waals surface area contributed by atoms with Crippen LogP contribution in [0.15, 0.2) is 24.3 Å². The van der Waals surface area contributed by atoms with Crippen molar-refractivity contribution in [2.45, 2.75) is 70.7 Å². The lowest BCUT2D eigenvalue weighted by atomic mass is 10.1. The zero-order chi connectivity index (χ0) is 22.9. The number of non-ortho nitro benzene ring substituents is 1. The fraction of sp³-hybridized carbons (Fsp3) is 0.632. The van der Waals surface area contributed by atoms with Crippen molar-refractivity contribution in [1.29, 1.82) is 0 Å². The van der Waals surface area contributed by atoms with E-state index in [0.29, 0.717) is 0 Å². The molecule has 0 aliphatic carbocycles. The lowest BCUT2D eigenvalue weighted by Gasteiger charge is -2.36. The topological polar surface area (TPSA) is 91.1 Å². The number of rotatable bonds is 5. The number of hydrogen-bond acceptors (Lipinski definition) is 6. The molecular weight excluding hydrogens is 409 g/mol. The number of nitrogens with zero attached hydrogens (tertiary/aromatic N) is 2. The summed E-state index contributed by atoms with van der Waals surface area (Å²) in [5.41, 5.74) is -2.26. The van der Waals surface area contributed by atoms with E-state index in [2.05, 4.69) is 0 Å². The molecule has 168 valence electrons. The van der Waals surface area contributed by atoms with E-state index in [1.807, 2.05) is 0 Å². The van der Waals surface area contributed by atoms with Crippen molar-refractivity contribution in [2.75, 3.05) is 6.61 Å². The van der Waals surface area contributed by atoms with E-state index in [4.69, 9.17) is 14.2 Å². The SMILES string of the molecule is CC(C)(C)OC(=O)N1C(CC(Oc2ccc([N+](=O)[O-])cc2)C(F)(F)F)COC1(C)C. The molecule has 0 aromatic heterocycles. The molecule has 0 radical (unpaired) electrons. The zero-order valence-electron chi connectivity index (χ0n) is 17.4. The Balaban J connectivity index is 2.22. The van der Waals surface area contributed by atoms with E-state index in [0.717, 1.165) is 29.2 Å². The third-order valence-electron chi connectivity index (χ3n) is 4.34. The second-order valence-corrected chi connectivity index (χ2v) is 8.40. The normalized spacial score (nSPS) is 20.0. The minimum Gasteiger partial charge on any atom is -0.481 e. The molecule has 8 nitrogen and oxygen atoms in total. The van der Waals surface area contributed by atoms with Crippen LogP contribution in [0.1, 0.15) is 41.0 Å². The standard InChI is InChI=1S/C19H25F3N2O6/c1-17(2,3)30-16(25)23-13(11-28-18(23,4)5)10-15(19(20,21)22)29-14-8-6-12(7-9-14)24(26)27/h6-9,13,15H,10-11H2,1-5H3. The molecule has 1 saturated heterocycles. The van der Waals surface area contributed by atoms with Crippen molar-refractivity contribution in [3.63, 3.8) is 0 Å². The van der Waals surface area contributed by atoms with Crippen molar-refractivity contribution in [3.8, 4) is 5.75 Å². The summed E-state index contributed by atoms with van der Waals surface area (Å²) >= 11 is 0. The molecule has 1 heterocycles.